The van der Waals surface area contributed by atoms with Gasteiger partial charge in [-0.15, -0.1) is 0 Å². The number of methoxy groups -OCH3 is 1. The minimum absolute atomic E-state index is 0.177. The Morgan fingerprint density at radius 2 is 2.03 bits per heavy atom. The van der Waals surface area contributed by atoms with Gasteiger partial charge in [-0.3, -0.25) is 9.78 Å². The highest BCUT2D eigenvalue weighted by Gasteiger charge is 2.30. The summed E-state index contributed by atoms with van der Waals surface area (Å²) in [6, 6.07) is 16.1. The molecule has 0 spiro atoms. The van der Waals surface area contributed by atoms with E-state index in [-0.39, 0.29) is 12.3 Å². The molecule has 0 amide bonds. The summed E-state index contributed by atoms with van der Waals surface area (Å²) >= 11 is 0. The minimum Gasteiger partial charge on any atom is -0.497 e. The molecule has 204 valence electrons. The van der Waals surface area contributed by atoms with Crippen LogP contribution in [-0.2, 0) is 11.2 Å². The summed E-state index contributed by atoms with van der Waals surface area (Å²) < 4.78 is 20.9. The third kappa shape index (κ3) is 7.76. The second-order valence-electron chi connectivity index (χ2n) is 10.8. The summed E-state index contributed by atoms with van der Waals surface area (Å²) in [5.74, 6) is 0.579. The first-order valence-corrected chi connectivity index (χ1v) is 14.0. The second-order valence-corrected chi connectivity index (χ2v) is 10.8. The first-order valence-electron chi connectivity index (χ1n) is 14.0. The van der Waals surface area contributed by atoms with Crippen LogP contribution in [0.3, 0.4) is 0 Å². The molecule has 1 aromatic heterocycles. The number of unbranched alkanes of at least 4 members (excludes halogenated alkanes) is 1. The van der Waals surface area contributed by atoms with Gasteiger partial charge in [0.05, 0.1) is 12.6 Å². The van der Waals surface area contributed by atoms with Gasteiger partial charge in [0.2, 0.25) is 0 Å². The van der Waals surface area contributed by atoms with Crippen molar-refractivity contribution in [1.82, 2.24) is 9.88 Å². The lowest BCUT2D eigenvalue weighted by Gasteiger charge is -2.39. The maximum atomic E-state index is 15.6. The summed E-state index contributed by atoms with van der Waals surface area (Å²) in [7, 11) is 1.61. The Bertz CT molecular complexity index is 1200. The number of halogens is 1. The van der Waals surface area contributed by atoms with Crippen LogP contribution >= 0.6 is 0 Å². The number of piperidine rings is 1. The van der Waals surface area contributed by atoms with Gasteiger partial charge in [-0.25, -0.2) is 4.39 Å². The number of carboxylic acid groups (broad SMARTS) is 1. The molecule has 0 radical (unpaired) electrons. The number of aromatic nitrogens is 1. The molecular weight excluding hydrogens is 479 g/mol. The average Bonchev–Trinajstić information content (AvgIpc) is 2.92. The maximum absolute atomic E-state index is 15.6. The molecule has 1 aliphatic heterocycles. The Balaban J connectivity index is 1.32. The molecule has 6 heteroatoms. The fraction of sp³-hybridized carbons (Fsp3) is 0.500. The molecule has 1 N–H and O–H groups in total. The van der Waals surface area contributed by atoms with Crippen LogP contribution in [0, 0.1) is 18.8 Å². The molecule has 1 aliphatic rings. The maximum Gasteiger partial charge on any atom is 0.303 e. The van der Waals surface area contributed by atoms with E-state index in [0.717, 1.165) is 62.6 Å². The molecule has 5 nitrogen and oxygen atoms in total. The lowest BCUT2D eigenvalue weighted by atomic mass is 9.79. The van der Waals surface area contributed by atoms with Gasteiger partial charge >= 0.3 is 5.97 Å². The van der Waals surface area contributed by atoms with Crippen LogP contribution in [0.2, 0.25) is 0 Å². The van der Waals surface area contributed by atoms with Crippen molar-refractivity contribution in [3.8, 4) is 5.75 Å². The summed E-state index contributed by atoms with van der Waals surface area (Å²) in [5.41, 5.74) is 4.12. The van der Waals surface area contributed by atoms with Crippen LogP contribution in [0.1, 0.15) is 67.8 Å². The molecule has 1 unspecified atom stereocenters. The van der Waals surface area contributed by atoms with Crippen LogP contribution in [0.4, 0.5) is 4.39 Å². The van der Waals surface area contributed by atoms with E-state index in [9.17, 15) is 9.90 Å². The van der Waals surface area contributed by atoms with E-state index in [1.165, 1.54) is 11.1 Å². The topological polar surface area (TPSA) is 62.7 Å². The molecule has 2 aromatic carbocycles. The van der Waals surface area contributed by atoms with E-state index >= 15 is 4.39 Å². The van der Waals surface area contributed by atoms with E-state index in [0.29, 0.717) is 30.1 Å². The number of fused-ring (bicyclic) bond motifs is 1. The predicted octanol–water partition coefficient (Wildman–Crippen LogP) is 7.17. The number of carboxylic acids is 1. The van der Waals surface area contributed by atoms with Crippen molar-refractivity contribution in [2.45, 2.75) is 64.5 Å². The van der Waals surface area contributed by atoms with Crippen LogP contribution < -0.4 is 4.74 Å². The molecule has 1 fully saturated rings. The number of aryl methyl sites for hydroxylation is 2. The Labute approximate surface area is 226 Å². The minimum atomic E-state index is -1.09. The molecule has 4 rings (SSSR count). The molecule has 0 saturated carbocycles. The van der Waals surface area contributed by atoms with Crippen LogP contribution in [0.25, 0.3) is 10.9 Å². The Morgan fingerprint density at radius 1 is 1.16 bits per heavy atom. The van der Waals surface area contributed by atoms with Gasteiger partial charge in [0, 0.05) is 24.5 Å². The zero-order valence-corrected chi connectivity index (χ0v) is 22.7. The summed E-state index contributed by atoms with van der Waals surface area (Å²) in [5, 5.41) is 10.1. The van der Waals surface area contributed by atoms with E-state index in [4.69, 9.17) is 4.74 Å². The molecule has 0 bridgehead atoms. The molecular formula is C32H41FN2O3. The number of nitrogens with zero attached hydrogens (tertiary/aromatic N) is 2. The van der Waals surface area contributed by atoms with Crippen molar-refractivity contribution in [3.63, 3.8) is 0 Å². The number of carbonyl (C=O) groups is 1. The molecule has 38 heavy (non-hydrogen) atoms. The van der Waals surface area contributed by atoms with E-state index < -0.39 is 12.1 Å². The number of alkyl halides is 1. The van der Waals surface area contributed by atoms with Gasteiger partial charge < -0.3 is 14.7 Å². The first kappa shape index (κ1) is 28.0. The van der Waals surface area contributed by atoms with Crippen LogP contribution in [0.15, 0.2) is 54.7 Å². The lowest BCUT2D eigenvalue weighted by Crippen LogP contribution is -2.41. The monoisotopic (exact) mass is 520 g/mol. The van der Waals surface area contributed by atoms with E-state index in [1.54, 1.807) is 19.4 Å². The third-order valence-electron chi connectivity index (χ3n) is 8.09. The number of rotatable bonds is 13. The van der Waals surface area contributed by atoms with Gasteiger partial charge in [-0.2, -0.15) is 0 Å². The Kier molecular flexibility index (Phi) is 10.1. The largest absolute Gasteiger partial charge is 0.497 e. The molecule has 0 aliphatic carbocycles. The van der Waals surface area contributed by atoms with Crippen molar-refractivity contribution in [2.24, 2.45) is 11.8 Å². The number of aliphatic carboxylic acids is 1. The highest BCUT2D eigenvalue weighted by molar-refractivity contribution is 5.83. The Morgan fingerprint density at radius 3 is 2.82 bits per heavy atom. The van der Waals surface area contributed by atoms with Crippen molar-refractivity contribution in [1.29, 1.82) is 0 Å². The number of ether oxygens (including phenoxy) is 1. The fourth-order valence-electron chi connectivity index (χ4n) is 5.97. The normalized spacial score (nSPS) is 18.9. The number of likely N-dealkylation sites (tertiary alicyclic amines) is 1. The number of benzene rings is 2. The molecule has 3 aromatic rings. The van der Waals surface area contributed by atoms with Crippen molar-refractivity contribution in [2.75, 3.05) is 26.7 Å². The summed E-state index contributed by atoms with van der Waals surface area (Å²) in [4.78, 5) is 18.2. The van der Waals surface area contributed by atoms with Gasteiger partial charge in [-0.1, -0.05) is 29.8 Å². The predicted molar refractivity (Wildman–Crippen MR) is 150 cm³/mol. The standard InChI is InChI=1S/C32H41FN2O3/c1-23-6-5-8-24(20-23)7-3-4-18-35-19-16-25(26(22-35)10-14-32(36)37)9-12-30(33)28-15-17-34-31-13-11-27(38-2)21-29(28)31/h5-6,8,11,13,15,17,20-21,25-26,30H,3-4,7,9-10,12,14,16,18-19,22H2,1-2H3,(H,36,37)/t25-,26+,30?/m1/s1. The third-order valence-corrected chi connectivity index (χ3v) is 8.09. The zero-order valence-electron chi connectivity index (χ0n) is 22.7. The van der Waals surface area contributed by atoms with Crippen molar-refractivity contribution in [3.05, 3.63) is 71.4 Å². The average molecular weight is 521 g/mol. The van der Waals surface area contributed by atoms with E-state index in [2.05, 4.69) is 41.1 Å². The number of pyridine rings is 1. The number of hydrogen-bond acceptors (Lipinski definition) is 4. The first-order chi connectivity index (χ1) is 18.4. The summed E-state index contributed by atoms with van der Waals surface area (Å²) in [6.07, 6.45) is 6.99. The summed E-state index contributed by atoms with van der Waals surface area (Å²) in [6.45, 7) is 5.09. The SMILES string of the molecule is COc1ccc2nccc(C(F)CC[C@@H]3CCN(CCCCc4cccc(C)c4)C[C@@H]3CCC(=O)O)c2c1. The number of hydrogen-bond donors (Lipinski definition) is 1. The molecule has 2 heterocycles. The highest BCUT2D eigenvalue weighted by Crippen LogP contribution is 2.36. The van der Waals surface area contributed by atoms with Crippen LogP contribution in [-0.4, -0.2) is 47.7 Å². The quantitative estimate of drug-likeness (QED) is 0.242. The lowest BCUT2D eigenvalue weighted by molar-refractivity contribution is -0.137. The highest BCUT2D eigenvalue weighted by atomic mass is 19.1. The van der Waals surface area contributed by atoms with Gasteiger partial charge in [0.25, 0.3) is 0 Å². The van der Waals surface area contributed by atoms with Crippen LogP contribution in [0.5, 0.6) is 5.75 Å². The molecule has 1 saturated heterocycles. The Hall–Kier alpha value is -2.99. The smallest absolute Gasteiger partial charge is 0.303 e. The van der Waals surface area contributed by atoms with Crippen molar-refractivity contribution < 1.29 is 19.0 Å². The fourth-order valence-corrected chi connectivity index (χ4v) is 5.97. The van der Waals surface area contributed by atoms with Gasteiger partial charge in [0.1, 0.15) is 11.9 Å². The van der Waals surface area contributed by atoms with Crippen molar-refractivity contribution >= 4 is 16.9 Å². The zero-order chi connectivity index (χ0) is 26.9. The van der Waals surface area contributed by atoms with Gasteiger partial charge in [-0.05, 0) is 112 Å². The molecule has 3 atom stereocenters. The second kappa shape index (κ2) is 13.7. The van der Waals surface area contributed by atoms with E-state index in [1.807, 2.05) is 18.2 Å². The van der Waals surface area contributed by atoms with Gasteiger partial charge in [0.15, 0.2) is 0 Å².